The van der Waals surface area contributed by atoms with Gasteiger partial charge >= 0.3 is 0 Å². The van der Waals surface area contributed by atoms with Gasteiger partial charge in [-0.3, -0.25) is 4.79 Å². The number of amides is 1. The molecule has 3 aromatic rings. The third-order valence-electron chi connectivity index (χ3n) is 6.03. The van der Waals surface area contributed by atoms with E-state index in [9.17, 15) is 4.79 Å². The summed E-state index contributed by atoms with van der Waals surface area (Å²) in [6.07, 6.45) is 1.74. The number of carbonyl (C=O) groups is 1. The van der Waals surface area contributed by atoms with Crippen LogP contribution in [0.3, 0.4) is 0 Å². The van der Waals surface area contributed by atoms with Crippen LogP contribution in [-0.2, 0) is 5.41 Å². The van der Waals surface area contributed by atoms with Crippen molar-refractivity contribution in [1.29, 1.82) is 5.26 Å². The molecule has 4 rings (SSSR count). The second-order valence-corrected chi connectivity index (χ2v) is 9.59. The van der Waals surface area contributed by atoms with Crippen LogP contribution in [0.5, 0.6) is 0 Å². The van der Waals surface area contributed by atoms with E-state index < -0.39 is 5.82 Å². The van der Waals surface area contributed by atoms with Crippen molar-refractivity contribution in [3.63, 3.8) is 0 Å². The molecular weight excluding hydrogens is 417 g/mol. The summed E-state index contributed by atoms with van der Waals surface area (Å²) in [6.45, 7) is 7.18. The maximum absolute atomic E-state index is 15.3. The second kappa shape index (κ2) is 8.80. The Balaban J connectivity index is 1.81. The van der Waals surface area contributed by atoms with Crippen LogP contribution in [0, 0.1) is 17.1 Å². The molecule has 1 aliphatic heterocycles. The number of rotatable bonds is 3. The van der Waals surface area contributed by atoms with Crippen LogP contribution in [0.4, 0.5) is 4.39 Å². The summed E-state index contributed by atoms with van der Waals surface area (Å²) in [4.78, 5) is 14.9. The molecule has 0 bridgehead atoms. The van der Waals surface area contributed by atoms with Crippen molar-refractivity contribution in [2.45, 2.75) is 45.1 Å². The maximum Gasteiger partial charge on any atom is 0.274 e. The Hall–Kier alpha value is -3.50. The first-order chi connectivity index (χ1) is 15.7. The number of hydrogen-bond donors (Lipinski definition) is 1. The summed E-state index contributed by atoms with van der Waals surface area (Å²) in [5.74, 6) is -0.634. The zero-order chi connectivity index (χ0) is 23.8. The quantitative estimate of drug-likeness (QED) is 0.647. The molecule has 2 heterocycles. The molecule has 0 spiro atoms. The van der Waals surface area contributed by atoms with Crippen molar-refractivity contribution in [2.24, 2.45) is 5.73 Å². The number of nitrogens with zero attached hydrogens (tertiary/aromatic N) is 4. The zero-order valence-electron chi connectivity index (χ0n) is 19.2. The molecule has 0 aliphatic carbocycles. The molecular formula is C26H28FN5O. The molecule has 1 aromatic heterocycles. The predicted octanol–water partition coefficient (Wildman–Crippen LogP) is 4.41. The van der Waals surface area contributed by atoms with Crippen molar-refractivity contribution in [3.8, 4) is 23.0 Å². The van der Waals surface area contributed by atoms with Gasteiger partial charge in [0, 0.05) is 24.7 Å². The van der Waals surface area contributed by atoms with Crippen LogP contribution in [0.2, 0.25) is 0 Å². The van der Waals surface area contributed by atoms with E-state index in [0.29, 0.717) is 24.3 Å². The van der Waals surface area contributed by atoms with Gasteiger partial charge in [-0.15, -0.1) is 0 Å². The minimum absolute atomic E-state index is 0.0508. The number of benzene rings is 2. The first-order valence-electron chi connectivity index (χ1n) is 11.1. The molecule has 2 aromatic carbocycles. The highest BCUT2D eigenvalue weighted by molar-refractivity contribution is 5.93. The van der Waals surface area contributed by atoms with Gasteiger partial charge in [0.15, 0.2) is 5.69 Å². The van der Waals surface area contributed by atoms with Crippen molar-refractivity contribution in [3.05, 3.63) is 71.2 Å². The maximum atomic E-state index is 15.3. The van der Waals surface area contributed by atoms with E-state index in [2.05, 4.69) is 11.2 Å². The van der Waals surface area contributed by atoms with E-state index in [1.54, 1.807) is 41.3 Å². The molecule has 1 fully saturated rings. The molecule has 2 N–H and O–H groups in total. The van der Waals surface area contributed by atoms with Crippen LogP contribution in [0.15, 0.2) is 48.5 Å². The number of likely N-dealkylation sites (tertiary alicyclic amines) is 1. The highest BCUT2D eigenvalue weighted by Crippen LogP contribution is 2.30. The van der Waals surface area contributed by atoms with Crippen LogP contribution in [-0.4, -0.2) is 39.7 Å². The highest BCUT2D eigenvalue weighted by atomic mass is 19.1. The lowest BCUT2D eigenvalue weighted by Crippen LogP contribution is -2.45. The number of nitriles is 1. The Labute approximate surface area is 193 Å². The van der Waals surface area contributed by atoms with E-state index in [1.807, 2.05) is 26.8 Å². The second-order valence-electron chi connectivity index (χ2n) is 9.59. The average molecular weight is 446 g/mol. The lowest BCUT2D eigenvalue weighted by Gasteiger charge is -2.30. The van der Waals surface area contributed by atoms with Crippen LogP contribution >= 0.6 is 0 Å². The average Bonchev–Trinajstić information content (AvgIpc) is 3.23. The molecule has 0 radical (unpaired) electrons. The van der Waals surface area contributed by atoms with Crippen LogP contribution < -0.4 is 5.73 Å². The van der Waals surface area contributed by atoms with Crippen LogP contribution in [0.1, 0.15) is 55.2 Å². The molecule has 33 heavy (non-hydrogen) atoms. The Kier molecular flexibility index (Phi) is 6.05. The first-order valence-corrected chi connectivity index (χ1v) is 11.1. The fraction of sp³-hybridized carbons (Fsp3) is 0.346. The fourth-order valence-electron chi connectivity index (χ4n) is 4.09. The van der Waals surface area contributed by atoms with Gasteiger partial charge < -0.3 is 10.6 Å². The lowest BCUT2D eigenvalue weighted by atomic mass is 9.87. The molecule has 1 saturated heterocycles. The Morgan fingerprint density at radius 1 is 1.18 bits per heavy atom. The normalized spacial score (nSPS) is 16.5. The molecule has 1 amide bonds. The zero-order valence-corrected chi connectivity index (χ0v) is 19.2. The van der Waals surface area contributed by atoms with Gasteiger partial charge in [-0.1, -0.05) is 39.0 Å². The molecule has 1 aliphatic rings. The summed E-state index contributed by atoms with van der Waals surface area (Å²) in [6, 6.07) is 15.8. The van der Waals surface area contributed by atoms with Crippen molar-refractivity contribution >= 4 is 5.91 Å². The Morgan fingerprint density at radius 2 is 1.91 bits per heavy atom. The number of carbonyl (C=O) groups excluding carboxylic acids is 1. The topological polar surface area (TPSA) is 87.9 Å². The van der Waals surface area contributed by atoms with Crippen molar-refractivity contribution < 1.29 is 9.18 Å². The summed E-state index contributed by atoms with van der Waals surface area (Å²) in [5, 5.41) is 13.7. The molecule has 0 saturated carbocycles. The number of nitrogens with two attached hydrogens (primary N) is 1. The third kappa shape index (κ3) is 4.67. The van der Waals surface area contributed by atoms with Gasteiger partial charge in [0.25, 0.3) is 5.91 Å². The summed E-state index contributed by atoms with van der Waals surface area (Å²) in [7, 11) is 0. The van der Waals surface area contributed by atoms with Crippen molar-refractivity contribution in [1.82, 2.24) is 14.7 Å². The largest absolute Gasteiger partial charge is 0.336 e. The molecule has 7 heteroatoms. The standard InChI is InChI=1S/C26H28FN5O/c1-26(2,3)19-10-11-23(21(27)13-19)32-24(18-8-6-17(15-28)7-9-18)14-22(30-32)25(33)31-12-4-5-20(29)16-31/h6-11,13-14,20H,4-5,12,16,29H2,1-3H3. The van der Waals surface area contributed by atoms with Gasteiger partial charge in [-0.05, 0) is 54.2 Å². The molecule has 170 valence electrons. The van der Waals surface area contributed by atoms with Crippen LogP contribution in [0.25, 0.3) is 16.9 Å². The number of halogens is 1. The Bertz CT molecular complexity index is 1220. The smallest absolute Gasteiger partial charge is 0.274 e. The highest BCUT2D eigenvalue weighted by Gasteiger charge is 2.26. The van der Waals surface area contributed by atoms with E-state index in [-0.39, 0.29) is 28.7 Å². The SMILES string of the molecule is CC(C)(C)c1ccc(-n2nc(C(=O)N3CCCC(N)C3)cc2-c2ccc(C#N)cc2)c(F)c1. The first kappa shape index (κ1) is 22.7. The van der Waals surface area contributed by atoms with E-state index in [1.165, 1.54) is 10.7 Å². The number of hydrogen-bond acceptors (Lipinski definition) is 4. The van der Waals surface area contributed by atoms with Gasteiger partial charge in [0.1, 0.15) is 11.5 Å². The predicted molar refractivity (Wildman–Crippen MR) is 125 cm³/mol. The van der Waals surface area contributed by atoms with Gasteiger partial charge in [-0.2, -0.15) is 10.4 Å². The van der Waals surface area contributed by atoms with Gasteiger partial charge in [-0.25, -0.2) is 9.07 Å². The van der Waals surface area contributed by atoms with Gasteiger partial charge in [0.05, 0.1) is 17.3 Å². The van der Waals surface area contributed by atoms with E-state index in [4.69, 9.17) is 11.0 Å². The number of piperidine rings is 1. The fourth-order valence-corrected chi connectivity index (χ4v) is 4.09. The van der Waals surface area contributed by atoms with Crippen molar-refractivity contribution in [2.75, 3.05) is 13.1 Å². The minimum Gasteiger partial charge on any atom is -0.336 e. The van der Waals surface area contributed by atoms with E-state index >= 15 is 4.39 Å². The molecule has 6 nitrogen and oxygen atoms in total. The lowest BCUT2D eigenvalue weighted by molar-refractivity contribution is 0.0702. The van der Waals surface area contributed by atoms with E-state index in [0.717, 1.165) is 24.0 Å². The number of aromatic nitrogens is 2. The summed E-state index contributed by atoms with van der Waals surface area (Å²) >= 11 is 0. The van der Waals surface area contributed by atoms with Gasteiger partial charge in [0.2, 0.25) is 0 Å². The summed E-state index contributed by atoms with van der Waals surface area (Å²) in [5.41, 5.74) is 9.05. The Morgan fingerprint density at radius 3 is 2.52 bits per heavy atom. The molecule has 1 unspecified atom stereocenters. The third-order valence-corrected chi connectivity index (χ3v) is 6.03. The monoisotopic (exact) mass is 445 g/mol. The minimum atomic E-state index is -0.417. The molecule has 1 atom stereocenters. The summed E-state index contributed by atoms with van der Waals surface area (Å²) < 4.78 is 16.8.